The number of sulfonamides is 1. The minimum atomic E-state index is -3.97. The van der Waals surface area contributed by atoms with Gasteiger partial charge in [0.25, 0.3) is 0 Å². The maximum Gasteiger partial charge on any atom is 0.307 e. The van der Waals surface area contributed by atoms with Crippen LogP contribution in [0.15, 0.2) is 23.1 Å². The summed E-state index contributed by atoms with van der Waals surface area (Å²) in [6, 6.07) is 3.22. The van der Waals surface area contributed by atoms with Gasteiger partial charge in [-0.05, 0) is 43.9 Å². The Morgan fingerprint density at radius 1 is 1.43 bits per heavy atom. The van der Waals surface area contributed by atoms with Gasteiger partial charge in [0.2, 0.25) is 10.0 Å². The molecule has 0 aromatic heterocycles. The molecule has 1 saturated carbocycles. The number of rotatable bonds is 8. The molecule has 1 fully saturated rings. The minimum Gasteiger partial charge on any atom is -0.466 e. The van der Waals surface area contributed by atoms with Crippen molar-refractivity contribution < 1.29 is 22.3 Å². The summed E-state index contributed by atoms with van der Waals surface area (Å²) >= 11 is 5.93. The van der Waals surface area contributed by atoms with Crippen LogP contribution in [0.3, 0.4) is 0 Å². The lowest BCUT2D eigenvalue weighted by Crippen LogP contribution is -2.35. The zero-order valence-corrected chi connectivity index (χ0v) is 14.4. The van der Waals surface area contributed by atoms with Crippen molar-refractivity contribution in [2.45, 2.75) is 31.1 Å². The highest BCUT2D eigenvalue weighted by atomic mass is 35.5. The molecular weight excluding hydrogens is 345 g/mol. The van der Waals surface area contributed by atoms with Gasteiger partial charge in [-0.2, -0.15) is 4.31 Å². The predicted octanol–water partition coefficient (Wildman–Crippen LogP) is 2.83. The van der Waals surface area contributed by atoms with Crippen LogP contribution >= 0.6 is 11.6 Å². The van der Waals surface area contributed by atoms with E-state index in [4.69, 9.17) is 16.3 Å². The number of esters is 1. The van der Waals surface area contributed by atoms with Crippen LogP contribution in [0.1, 0.15) is 26.2 Å². The van der Waals surface area contributed by atoms with Crippen LogP contribution in [0.25, 0.3) is 0 Å². The van der Waals surface area contributed by atoms with Crippen LogP contribution in [-0.2, 0) is 19.6 Å². The molecule has 1 aliphatic carbocycles. The molecule has 1 aromatic rings. The van der Waals surface area contributed by atoms with Crippen LogP contribution in [0, 0.1) is 11.7 Å². The van der Waals surface area contributed by atoms with Crippen molar-refractivity contribution in [3.05, 3.63) is 29.0 Å². The van der Waals surface area contributed by atoms with Crippen molar-refractivity contribution in [1.82, 2.24) is 4.31 Å². The van der Waals surface area contributed by atoms with E-state index in [1.54, 1.807) is 6.92 Å². The standard InChI is InChI=1S/C15H19ClFNO4S/c1-2-22-15(19)7-8-18(10-11-3-4-11)23(20,21)14-9-12(17)5-6-13(14)16/h5-6,9,11H,2-4,7-8,10H2,1H3. The van der Waals surface area contributed by atoms with Gasteiger partial charge in [-0.15, -0.1) is 0 Å². The second kappa shape index (κ2) is 7.59. The first-order valence-electron chi connectivity index (χ1n) is 7.45. The number of carbonyl (C=O) groups excluding carboxylic acids is 1. The monoisotopic (exact) mass is 363 g/mol. The van der Waals surface area contributed by atoms with Crippen molar-refractivity contribution in [1.29, 1.82) is 0 Å². The van der Waals surface area contributed by atoms with Crippen molar-refractivity contribution in [3.63, 3.8) is 0 Å². The summed E-state index contributed by atoms with van der Waals surface area (Å²) in [7, 11) is -3.97. The average Bonchev–Trinajstić information content (AvgIpc) is 3.30. The summed E-state index contributed by atoms with van der Waals surface area (Å²) in [6.07, 6.45) is 1.84. The molecule has 128 valence electrons. The first-order valence-corrected chi connectivity index (χ1v) is 9.27. The van der Waals surface area contributed by atoms with Gasteiger partial charge >= 0.3 is 5.97 Å². The second-order valence-corrected chi connectivity index (χ2v) is 7.75. The molecule has 5 nitrogen and oxygen atoms in total. The maximum absolute atomic E-state index is 13.4. The van der Waals surface area contributed by atoms with E-state index in [1.165, 1.54) is 10.4 Å². The normalized spacial score (nSPS) is 15.0. The van der Waals surface area contributed by atoms with Gasteiger partial charge in [-0.25, -0.2) is 12.8 Å². The Balaban J connectivity index is 2.21. The SMILES string of the molecule is CCOC(=O)CCN(CC1CC1)S(=O)(=O)c1cc(F)ccc1Cl. The number of benzene rings is 1. The summed E-state index contributed by atoms with van der Waals surface area (Å²) < 4.78 is 45.0. The molecule has 0 unspecified atom stereocenters. The molecule has 0 N–H and O–H groups in total. The lowest BCUT2D eigenvalue weighted by atomic mass is 10.3. The third-order valence-electron chi connectivity index (χ3n) is 3.54. The third-order valence-corrected chi connectivity index (χ3v) is 5.89. The fraction of sp³-hybridized carbons (Fsp3) is 0.533. The summed E-state index contributed by atoms with van der Waals surface area (Å²) in [5, 5.41) is -0.0386. The Bertz CT molecular complexity index is 676. The number of hydrogen-bond donors (Lipinski definition) is 0. The topological polar surface area (TPSA) is 63.7 Å². The molecule has 23 heavy (non-hydrogen) atoms. The van der Waals surface area contributed by atoms with E-state index in [1.807, 2.05) is 0 Å². The highest BCUT2D eigenvalue weighted by molar-refractivity contribution is 7.89. The number of halogens is 2. The van der Waals surface area contributed by atoms with Gasteiger partial charge in [0.05, 0.1) is 18.1 Å². The fourth-order valence-electron chi connectivity index (χ4n) is 2.16. The molecule has 0 saturated heterocycles. The van der Waals surface area contributed by atoms with E-state index in [0.29, 0.717) is 6.54 Å². The summed E-state index contributed by atoms with van der Waals surface area (Å²) in [5.41, 5.74) is 0. The van der Waals surface area contributed by atoms with Gasteiger partial charge in [0.15, 0.2) is 0 Å². The number of hydrogen-bond acceptors (Lipinski definition) is 4. The lowest BCUT2D eigenvalue weighted by molar-refractivity contribution is -0.143. The molecule has 0 amide bonds. The van der Waals surface area contributed by atoms with Crippen LogP contribution in [-0.4, -0.2) is 38.4 Å². The second-order valence-electron chi connectivity index (χ2n) is 5.44. The number of nitrogens with zero attached hydrogens (tertiary/aromatic N) is 1. The van der Waals surface area contributed by atoms with Gasteiger partial charge in [-0.1, -0.05) is 11.6 Å². The molecule has 2 rings (SSSR count). The predicted molar refractivity (Wildman–Crippen MR) is 84.1 cm³/mol. The molecule has 0 bridgehead atoms. The third kappa shape index (κ3) is 4.89. The van der Waals surface area contributed by atoms with Crippen LogP contribution in [0.5, 0.6) is 0 Å². The van der Waals surface area contributed by atoms with Gasteiger partial charge in [0, 0.05) is 13.1 Å². The van der Waals surface area contributed by atoms with Crippen molar-refractivity contribution in [2.75, 3.05) is 19.7 Å². The van der Waals surface area contributed by atoms with E-state index in [2.05, 4.69) is 0 Å². The largest absolute Gasteiger partial charge is 0.466 e. The molecule has 0 aliphatic heterocycles. The molecule has 8 heteroatoms. The van der Waals surface area contributed by atoms with Crippen LogP contribution in [0.4, 0.5) is 4.39 Å². The molecule has 0 atom stereocenters. The molecular formula is C15H19ClFNO4S. The van der Waals surface area contributed by atoms with Gasteiger partial charge in [0.1, 0.15) is 10.7 Å². The summed E-state index contributed by atoms with van der Waals surface area (Å²) in [6.45, 7) is 2.21. The fourth-order valence-corrected chi connectivity index (χ4v) is 4.16. The number of carbonyl (C=O) groups is 1. The zero-order valence-electron chi connectivity index (χ0n) is 12.8. The first-order chi connectivity index (χ1) is 10.8. The Hall–Kier alpha value is -1.18. The van der Waals surface area contributed by atoms with E-state index in [-0.39, 0.29) is 35.4 Å². The molecule has 0 heterocycles. The van der Waals surface area contributed by atoms with Crippen LogP contribution < -0.4 is 0 Å². The Morgan fingerprint density at radius 3 is 2.74 bits per heavy atom. The van der Waals surface area contributed by atoms with E-state index in [9.17, 15) is 17.6 Å². The quantitative estimate of drug-likeness (QED) is 0.666. The summed E-state index contributed by atoms with van der Waals surface area (Å²) in [5.74, 6) is -0.863. The van der Waals surface area contributed by atoms with Crippen molar-refractivity contribution in [3.8, 4) is 0 Å². The molecule has 0 spiro atoms. The molecule has 0 radical (unpaired) electrons. The summed E-state index contributed by atoms with van der Waals surface area (Å²) in [4.78, 5) is 11.2. The van der Waals surface area contributed by atoms with Gasteiger partial charge < -0.3 is 4.74 Å². The smallest absolute Gasteiger partial charge is 0.307 e. The van der Waals surface area contributed by atoms with E-state index < -0.39 is 21.8 Å². The zero-order chi connectivity index (χ0) is 17.0. The minimum absolute atomic E-state index is 0.00942. The van der Waals surface area contributed by atoms with Crippen molar-refractivity contribution >= 4 is 27.6 Å². The Kier molecular flexibility index (Phi) is 6.00. The van der Waals surface area contributed by atoms with E-state index in [0.717, 1.165) is 25.0 Å². The average molecular weight is 364 g/mol. The van der Waals surface area contributed by atoms with Gasteiger partial charge in [-0.3, -0.25) is 4.79 Å². The molecule has 1 aromatic carbocycles. The molecule has 1 aliphatic rings. The number of ether oxygens (including phenoxy) is 1. The highest BCUT2D eigenvalue weighted by Gasteiger charge is 2.33. The van der Waals surface area contributed by atoms with Crippen LogP contribution in [0.2, 0.25) is 5.02 Å². The maximum atomic E-state index is 13.4. The Morgan fingerprint density at radius 2 is 2.13 bits per heavy atom. The van der Waals surface area contributed by atoms with E-state index >= 15 is 0 Å². The lowest BCUT2D eigenvalue weighted by Gasteiger charge is -2.22. The highest BCUT2D eigenvalue weighted by Crippen LogP contribution is 2.33. The first kappa shape index (κ1) is 18.2. The van der Waals surface area contributed by atoms with Crippen molar-refractivity contribution in [2.24, 2.45) is 5.92 Å². The Labute approximate surface area is 140 Å².